The zero-order chi connectivity index (χ0) is 10.4. The minimum absolute atomic E-state index is 0.672. The number of amides is 1. The number of carbonyl (C=O) groups excluding carboxylic acids is 1. The standard InChI is InChI=1S/C9H10N2O2S/c1-13-9(12)11-10-7-5-3-4-6-8(7)14-2/h3-6H,1-2H3. The smallest absolute Gasteiger partial charge is 0.450 e. The van der Waals surface area contributed by atoms with Gasteiger partial charge in [0.1, 0.15) is 0 Å². The third-order valence-electron chi connectivity index (χ3n) is 1.50. The first kappa shape index (κ1) is 10.7. The minimum atomic E-state index is -0.694. The van der Waals surface area contributed by atoms with Crippen LogP contribution in [0.2, 0.25) is 0 Å². The van der Waals surface area contributed by atoms with Crippen molar-refractivity contribution in [2.75, 3.05) is 13.4 Å². The van der Waals surface area contributed by atoms with E-state index in [9.17, 15) is 4.79 Å². The van der Waals surface area contributed by atoms with Crippen molar-refractivity contribution in [2.45, 2.75) is 4.90 Å². The molecule has 74 valence electrons. The molecule has 0 N–H and O–H groups in total. The van der Waals surface area contributed by atoms with Crippen molar-refractivity contribution in [1.82, 2.24) is 0 Å². The maximum absolute atomic E-state index is 10.7. The van der Waals surface area contributed by atoms with Crippen LogP contribution < -0.4 is 0 Å². The SMILES string of the molecule is COC(=O)N=Nc1ccccc1SC. The largest absolute Gasteiger partial charge is 0.452 e. The number of rotatable bonds is 2. The third-order valence-corrected chi connectivity index (χ3v) is 2.28. The number of thioether (sulfide) groups is 1. The van der Waals surface area contributed by atoms with Crippen LogP contribution in [0, 0.1) is 0 Å². The van der Waals surface area contributed by atoms with Crippen molar-refractivity contribution in [3.63, 3.8) is 0 Å². The Morgan fingerprint density at radius 2 is 2.14 bits per heavy atom. The molecule has 0 bridgehead atoms. The van der Waals surface area contributed by atoms with Crippen LogP contribution >= 0.6 is 11.8 Å². The molecule has 1 aromatic carbocycles. The van der Waals surface area contributed by atoms with Gasteiger partial charge in [-0.2, -0.15) is 0 Å². The van der Waals surface area contributed by atoms with Gasteiger partial charge in [-0.25, -0.2) is 4.79 Å². The summed E-state index contributed by atoms with van der Waals surface area (Å²) in [5, 5.41) is 7.15. The number of nitrogens with zero attached hydrogens (tertiary/aromatic N) is 2. The lowest BCUT2D eigenvalue weighted by molar-refractivity contribution is 0.181. The second-order valence-corrected chi connectivity index (χ2v) is 3.19. The van der Waals surface area contributed by atoms with Crippen LogP contribution in [0.4, 0.5) is 10.5 Å². The van der Waals surface area contributed by atoms with Crippen molar-refractivity contribution in [3.8, 4) is 0 Å². The Bertz CT molecular complexity index is 352. The van der Waals surface area contributed by atoms with Gasteiger partial charge in [0.05, 0.1) is 12.8 Å². The molecule has 5 heteroatoms. The Balaban J connectivity index is 2.85. The number of ether oxygens (including phenoxy) is 1. The molecule has 0 aromatic heterocycles. The van der Waals surface area contributed by atoms with E-state index >= 15 is 0 Å². The molecule has 0 aliphatic heterocycles. The zero-order valence-corrected chi connectivity index (χ0v) is 8.75. The van der Waals surface area contributed by atoms with Crippen LogP contribution in [-0.2, 0) is 4.74 Å². The Labute approximate surface area is 86.4 Å². The van der Waals surface area contributed by atoms with Crippen LogP contribution in [-0.4, -0.2) is 19.5 Å². The molecule has 0 unspecified atom stereocenters. The fraction of sp³-hybridized carbons (Fsp3) is 0.222. The summed E-state index contributed by atoms with van der Waals surface area (Å²) < 4.78 is 4.34. The van der Waals surface area contributed by atoms with Crippen molar-refractivity contribution < 1.29 is 9.53 Å². The lowest BCUT2D eigenvalue weighted by Gasteiger charge is -1.98. The van der Waals surface area contributed by atoms with Gasteiger partial charge in [-0.1, -0.05) is 17.2 Å². The van der Waals surface area contributed by atoms with E-state index in [1.54, 1.807) is 17.8 Å². The molecule has 4 nitrogen and oxygen atoms in total. The number of benzene rings is 1. The van der Waals surface area contributed by atoms with E-state index in [4.69, 9.17) is 0 Å². The van der Waals surface area contributed by atoms with E-state index in [0.29, 0.717) is 5.69 Å². The summed E-state index contributed by atoms with van der Waals surface area (Å²) in [6.45, 7) is 0. The van der Waals surface area contributed by atoms with Gasteiger partial charge in [0.15, 0.2) is 0 Å². The minimum Gasteiger partial charge on any atom is -0.450 e. The second kappa shape index (κ2) is 5.39. The summed E-state index contributed by atoms with van der Waals surface area (Å²) in [5.41, 5.74) is 0.672. The van der Waals surface area contributed by atoms with E-state index in [1.165, 1.54) is 7.11 Å². The fourth-order valence-corrected chi connectivity index (χ4v) is 1.38. The van der Waals surface area contributed by atoms with Crippen LogP contribution in [0.15, 0.2) is 39.4 Å². The molecule has 0 spiro atoms. The maximum atomic E-state index is 10.7. The average molecular weight is 210 g/mol. The lowest BCUT2D eigenvalue weighted by atomic mass is 10.3. The number of azo groups is 1. The molecular formula is C9H10N2O2S. The highest BCUT2D eigenvalue weighted by Gasteiger charge is 1.99. The molecule has 14 heavy (non-hydrogen) atoms. The summed E-state index contributed by atoms with van der Waals surface area (Å²) in [4.78, 5) is 11.7. The van der Waals surface area contributed by atoms with E-state index in [1.807, 2.05) is 24.5 Å². The molecule has 0 aliphatic carbocycles. The Morgan fingerprint density at radius 3 is 2.79 bits per heavy atom. The Morgan fingerprint density at radius 1 is 1.43 bits per heavy atom. The third kappa shape index (κ3) is 2.85. The maximum Gasteiger partial charge on any atom is 0.452 e. The zero-order valence-electron chi connectivity index (χ0n) is 7.93. The molecule has 1 rings (SSSR count). The van der Waals surface area contributed by atoms with E-state index in [-0.39, 0.29) is 0 Å². The van der Waals surface area contributed by atoms with Crippen molar-refractivity contribution >= 4 is 23.5 Å². The van der Waals surface area contributed by atoms with Crippen LogP contribution in [0.3, 0.4) is 0 Å². The molecule has 1 amide bonds. The Hall–Kier alpha value is -1.36. The number of carbonyl (C=O) groups is 1. The first-order chi connectivity index (χ1) is 6.77. The second-order valence-electron chi connectivity index (χ2n) is 2.34. The van der Waals surface area contributed by atoms with Gasteiger partial charge >= 0.3 is 6.09 Å². The molecule has 1 aromatic rings. The van der Waals surface area contributed by atoms with Gasteiger partial charge in [0.25, 0.3) is 0 Å². The molecule has 0 fully saturated rings. The van der Waals surface area contributed by atoms with Crippen LogP contribution in [0.1, 0.15) is 0 Å². The monoisotopic (exact) mass is 210 g/mol. The quantitative estimate of drug-likeness (QED) is 0.556. The number of hydrogen-bond acceptors (Lipinski definition) is 4. The van der Waals surface area contributed by atoms with E-state index in [0.717, 1.165) is 4.90 Å². The van der Waals surface area contributed by atoms with Crippen molar-refractivity contribution in [1.29, 1.82) is 0 Å². The average Bonchev–Trinajstić information content (AvgIpc) is 2.26. The normalized spacial score (nSPS) is 10.4. The van der Waals surface area contributed by atoms with Gasteiger partial charge < -0.3 is 4.74 Å². The topological polar surface area (TPSA) is 51.0 Å². The fourth-order valence-electron chi connectivity index (χ4n) is 0.848. The van der Waals surface area contributed by atoms with Crippen LogP contribution in [0.25, 0.3) is 0 Å². The summed E-state index contributed by atoms with van der Waals surface area (Å²) >= 11 is 1.55. The number of hydrogen-bond donors (Lipinski definition) is 0. The summed E-state index contributed by atoms with van der Waals surface area (Å²) in [7, 11) is 1.27. The lowest BCUT2D eigenvalue weighted by Crippen LogP contribution is -1.89. The first-order valence-corrected chi connectivity index (χ1v) is 5.13. The van der Waals surface area contributed by atoms with Gasteiger partial charge in [-0.05, 0) is 18.4 Å². The molecule has 0 saturated carbocycles. The highest BCUT2D eigenvalue weighted by atomic mass is 32.2. The van der Waals surface area contributed by atoms with Crippen molar-refractivity contribution in [3.05, 3.63) is 24.3 Å². The summed E-state index contributed by atoms with van der Waals surface area (Å²) in [6.07, 6.45) is 1.24. The van der Waals surface area contributed by atoms with Gasteiger partial charge in [0, 0.05) is 4.90 Å². The summed E-state index contributed by atoms with van der Waals surface area (Å²) in [5.74, 6) is 0. The summed E-state index contributed by atoms with van der Waals surface area (Å²) in [6, 6.07) is 7.45. The van der Waals surface area contributed by atoms with E-state index < -0.39 is 6.09 Å². The van der Waals surface area contributed by atoms with Crippen molar-refractivity contribution in [2.24, 2.45) is 10.2 Å². The van der Waals surface area contributed by atoms with Gasteiger partial charge in [0.2, 0.25) is 0 Å². The van der Waals surface area contributed by atoms with Crippen LogP contribution in [0.5, 0.6) is 0 Å². The predicted molar refractivity (Wildman–Crippen MR) is 55.1 cm³/mol. The molecule has 0 saturated heterocycles. The first-order valence-electron chi connectivity index (χ1n) is 3.90. The molecule has 0 heterocycles. The Kier molecular flexibility index (Phi) is 4.12. The number of methoxy groups -OCH3 is 1. The predicted octanol–water partition coefficient (Wildman–Crippen LogP) is 3.26. The van der Waals surface area contributed by atoms with Gasteiger partial charge in [-0.15, -0.1) is 16.9 Å². The highest BCUT2D eigenvalue weighted by Crippen LogP contribution is 2.27. The molecule has 0 atom stereocenters. The molecular weight excluding hydrogens is 200 g/mol. The molecule has 0 aliphatic rings. The highest BCUT2D eigenvalue weighted by molar-refractivity contribution is 7.98. The van der Waals surface area contributed by atoms with E-state index in [2.05, 4.69) is 15.0 Å². The molecule has 0 radical (unpaired) electrons. The van der Waals surface area contributed by atoms with Gasteiger partial charge in [-0.3, -0.25) is 0 Å².